The van der Waals surface area contributed by atoms with Crippen molar-refractivity contribution in [1.82, 2.24) is 10.4 Å². The highest BCUT2D eigenvalue weighted by Gasteiger charge is 2.32. The molecule has 3 rings (SSSR count). The van der Waals surface area contributed by atoms with Gasteiger partial charge in [0.1, 0.15) is 11.9 Å². The summed E-state index contributed by atoms with van der Waals surface area (Å²) in [5.74, 6) is -0.382. The van der Waals surface area contributed by atoms with Gasteiger partial charge in [0.2, 0.25) is 0 Å². The SMILES string of the molecule is CCC[C@H]1Nc2ccccc2C(=O)N1NC(=O)COc1ccc(Cl)cc1Cl. The average Bonchev–Trinajstić information content (AvgIpc) is 2.64. The minimum absolute atomic E-state index is 0.263. The van der Waals surface area contributed by atoms with E-state index in [1.807, 2.05) is 19.1 Å². The molecule has 0 saturated heterocycles. The monoisotopic (exact) mass is 407 g/mol. The molecule has 0 bridgehead atoms. The van der Waals surface area contributed by atoms with Crippen LogP contribution in [0.5, 0.6) is 5.75 Å². The van der Waals surface area contributed by atoms with Crippen LogP contribution < -0.4 is 15.5 Å². The van der Waals surface area contributed by atoms with Crippen molar-refractivity contribution >= 4 is 40.7 Å². The number of carbonyl (C=O) groups excluding carboxylic acids is 2. The van der Waals surface area contributed by atoms with Crippen LogP contribution in [0.25, 0.3) is 0 Å². The topological polar surface area (TPSA) is 70.7 Å². The third-order valence-electron chi connectivity index (χ3n) is 4.07. The standard InChI is InChI=1S/C19H19Cl2N3O3/c1-2-5-17-22-15-7-4-3-6-13(15)19(26)24(17)23-18(25)11-27-16-9-8-12(20)10-14(16)21/h3-4,6-10,17,22H,2,5,11H2,1H3,(H,23,25)/t17-/m0/s1. The van der Waals surface area contributed by atoms with E-state index < -0.39 is 5.91 Å². The lowest BCUT2D eigenvalue weighted by Crippen LogP contribution is -2.58. The Morgan fingerprint density at radius 1 is 1.26 bits per heavy atom. The van der Waals surface area contributed by atoms with E-state index in [9.17, 15) is 9.59 Å². The summed E-state index contributed by atoms with van der Waals surface area (Å²) < 4.78 is 5.43. The molecule has 27 heavy (non-hydrogen) atoms. The average molecular weight is 408 g/mol. The van der Waals surface area contributed by atoms with Crippen LogP contribution in [0.1, 0.15) is 30.1 Å². The second-order valence-corrected chi connectivity index (χ2v) is 6.91. The number of para-hydroxylation sites is 1. The Morgan fingerprint density at radius 2 is 2.04 bits per heavy atom. The van der Waals surface area contributed by atoms with Gasteiger partial charge in [0.15, 0.2) is 6.61 Å². The van der Waals surface area contributed by atoms with E-state index in [-0.39, 0.29) is 18.7 Å². The lowest BCUT2D eigenvalue weighted by atomic mass is 10.1. The predicted octanol–water partition coefficient (Wildman–Crippen LogP) is 4.10. The largest absolute Gasteiger partial charge is 0.482 e. The van der Waals surface area contributed by atoms with Crippen molar-refractivity contribution in [2.75, 3.05) is 11.9 Å². The third-order valence-corrected chi connectivity index (χ3v) is 4.60. The molecule has 0 unspecified atom stereocenters. The van der Waals surface area contributed by atoms with Crippen LogP contribution in [0, 0.1) is 0 Å². The fourth-order valence-electron chi connectivity index (χ4n) is 2.82. The number of carbonyl (C=O) groups is 2. The van der Waals surface area contributed by atoms with Crippen LogP contribution in [0.2, 0.25) is 10.0 Å². The molecular formula is C19H19Cl2N3O3. The van der Waals surface area contributed by atoms with Gasteiger partial charge in [-0.05, 0) is 36.8 Å². The summed E-state index contributed by atoms with van der Waals surface area (Å²) in [6, 6.07) is 11.9. The summed E-state index contributed by atoms with van der Waals surface area (Å²) in [6.45, 7) is 1.73. The molecule has 1 atom stereocenters. The molecule has 1 aliphatic rings. The highest BCUT2D eigenvalue weighted by Crippen LogP contribution is 2.28. The van der Waals surface area contributed by atoms with Crippen molar-refractivity contribution in [3.05, 3.63) is 58.1 Å². The first-order chi connectivity index (χ1) is 13.0. The van der Waals surface area contributed by atoms with Gasteiger partial charge in [0, 0.05) is 10.7 Å². The quantitative estimate of drug-likeness (QED) is 0.755. The number of benzene rings is 2. The smallest absolute Gasteiger partial charge is 0.276 e. The van der Waals surface area contributed by atoms with Gasteiger partial charge in [0.05, 0.1) is 10.6 Å². The number of hydrogen-bond donors (Lipinski definition) is 2. The molecule has 2 aromatic rings. The van der Waals surface area contributed by atoms with Crippen molar-refractivity contribution < 1.29 is 14.3 Å². The molecule has 2 aromatic carbocycles. The van der Waals surface area contributed by atoms with Gasteiger partial charge >= 0.3 is 0 Å². The number of hydrogen-bond acceptors (Lipinski definition) is 4. The van der Waals surface area contributed by atoms with E-state index in [4.69, 9.17) is 27.9 Å². The molecule has 0 spiro atoms. The lowest BCUT2D eigenvalue weighted by molar-refractivity contribution is -0.127. The molecule has 1 heterocycles. The van der Waals surface area contributed by atoms with Crippen molar-refractivity contribution in [2.45, 2.75) is 25.9 Å². The number of fused-ring (bicyclic) bond motifs is 1. The Morgan fingerprint density at radius 3 is 2.78 bits per heavy atom. The van der Waals surface area contributed by atoms with E-state index in [2.05, 4.69) is 10.7 Å². The van der Waals surface area contributed by atoms with Gasteiger partial charge in [-0.1, -0.05) is 48.7 Å². The van der Waals surface area contributed by atoms with Crippen LogP contribution >= 0.6 is 23.2 Å². The summed E-state index contributed by atoms with van der Waals surface area (Å²) in [7, 11) is 0. The minimum atomic E-state index is -0.461. The maximum atomic E-state index is 12.8. The van der Waals surface area contributed by atoms with Gasteiger partial charge in [0.25, 0.3) is 11.8 Å². The predicted molar refractivity (Wildman–Crippen MR) is 105 cm³/mol. The van der Waals surface area contributed by atoms with Crippen LogP contribution in [0.3, 0.4) is 0 Å². The summed E-state index contributed by atoms with van der Waals surface area (Å²) in [6.07, 6.45) is 1.20. The lowest BCUT2D eigenvalue weighted by Gasteiger charge is -2.37. The van der Waals surface area contributed by atoms with E-state index in [1.54, 1.807) is 24.3 Å². The molecule has 0 saturated carbocycles. The Labute approximate surface area is 167 Å². The molecule has 0 radical (unpaired) electrons. The van der Waals surface area contributed by atoms with E-state index in [0.717, 1.165) is 12.1 Å². The first kappa shape index (κ1) is 19.3. The van der Waals surface area contributed by atoms with Gasteiger partial charge < -0.3 is 10.1 Å². The number of nitrogens with zero attached hydrogens (tertiary/aromatic N) is 1. The van der Waals surface area contributed by atoms with Crippen LogP contribution in [0.15, 0.2) is 42.5 Å². The highest BCUT2D eigenvalue weighted by molar-refractivity contribution is 6.35. The second-order valence-electron chi connectivity index (χ2n) is 6.07. The van der Waals surface area contributed by atoms with E-state index in [0.29, 0.717) is 27.8 Å². The zero-order chi connectivity index (χ0) is 19.4. The fraction of sp³-hybridized carbons (Fsp3) is 0.263. The van der Waals surface area contributed by atoms with Gasteiger partial charge in [-0.15, -0.1) is 0 Å². The van der Waals surface area contributed by atoms with Gasteiger partial charge in [-0.2, -0.15) is 0 Å². The Balaban J connectivity index is 1.68. The Bertz CT molecular complexity index is 860. The Kier molecular flexibility index (Phi) is 6.08. The number of nitrogens with one attached hydrogen (secondary N) is 2. The first-order valence-electron chi connectivity index (χ1n) is 8.56. The number of rotatable bonds is 6. The number of anilines is 1. The van der Waals surface area contributed by atoms with Crippen molar-refractivity contribution in [3.8, 4) is 5.75 Å². The maximum absolute atomic E-state index is 12.8. The molecule has 0 aliphatic carbocycles. The zero-order valence-corrected chi connectivity index (χ0v) is 16.2. The number of hydrazine groups is 1. The molecule has 8 heteroatoms. The minimum Gasteiger partial charge on any atom is -0.482 e. The summed E-state index contributed by atoms with van der Waals surface area (Å²) in [4.78, 5) is 25.1. The first-order valence-corrected chi connectivity index (χ1v) is 9.31. The van der Waals surface area contributed by atoms with Gasteiger partial charge in [-0.25, -0.2) is 5.01 Å². The second kappa shape index (κ2) is 8.50. The summed E-state index contributed by atoms with van der Waals surface area (Å²) in [5, 5.41) is 5.39. The van der Waals surface area contributed by atoms with Crippen LogP contribution in [-0.4, -0.2) is 29.6 Å². The molecule has 6 nitrogen and oxygen atoms in total. The van der Waals surface area contributed by atoms with E-state index in [1.165, 1.54) is 11.1 Å². The molecule has 0 aromatic heterocycles. The van der Waals surface area contributed by atoms with Crippen molar-refractivity contribution in [1.29, 1.82) is 0 Å². The molecule has 142 valence electrons. The summed E-state index contributed by atoms with van der Waals surface area (Å²) in [5.41, 5.74) is 3.90. The van der Waals surface area contributed by atoms with Crippen LogP contribution in [0.4, 0.5) is 5.69 Å². The van der Waals surface area contributed by atoms with Crippen molar-refractivity contribution in [3.63, 3.8) is 0 Å². The molecule has 1 aliphatic heterocycles. The fourth-order valence-corrected chi connectivity index (χ4v) is 3.28. The zero-order valence-electron chi connectivity index (χ0n) is 14.7. The van der Waals surface area contributed by atoms with Crippen LogP contribution in [-0.2, 0) is 4.79 Å². The normalized spacial score (nSPS) is 15.7. The summed E-state index contributed by atoms with van der Waals surface area (Å²) >= 11 is 11.9. The van der Waals surface area contributed by atoms with Crippen molar-refractivity contribution in [2.24, 2.45) is 0 Å². The third kappa shape index (κ3) is 4.46. The van der Waals surface area contributed by atoms with Gasteiger partial charge in [-0.3, -0.25) is 15.0 Å². The molecule has 0 fully saturated rings. The number of halogens is 2. The Hall–Kier alpha value is -2.44. The number of amides is 2. The number of ether oxygens (including phenoxy) is 1. The maximum Gasteiger partial charge on any atom is 0.276 e. The van der Waals surface area contributed by atoms with E-state index >= 15 is 0 Å². The molecule has 2 N–H and O–H groups in total. The highest BCUT2D eigenvalue weighted by atomic mass is 35.5. The molecular weight excluding hydrogens is 389 g/mol. The molecule has 2 amide bonds.